The molecule has 0 aliphatic heterocycles. The molecule has 0 bridgehead atoms. The molecule has 0 atom stereocenters. The zero-order valence-electron chi connectivity index (χ0n) is 11.8. The highest BCUT2D eigenvalue weighted by Gasteiger charge is 2.29. The fraction of sp³-hybridized carbons (Fsp3) is 0.357. The molecule has 0 radical (unpaired) electrons. The van der Waals surface area contributed by atoms with Crippen LogP contribution in [0.4, 0.5) is 0 Å². The van der Waals surface area contributed by atoms with Gasteiger partial charge in [-0.15, -0.1) is 5.10 Å². The third-order valence-electron chi connectivity index (χ3n) is 3.45. The van der Waals surface area contributed by atoms with Gasteiger partial charge in [-0.25, -0.2) is 4.68 Å². The van der Waals surface area contributed by atoms with Gasteiger partial charge in [-0.2, -0.15) is 0 Å². The van der Waals surface area contributed by atoms with E-state index >= 15 is 0 Å². The monoisotopic (exact) mass is 301 g/mol. The van der Waals surface area contributed by atoms with Crippen LogP contribution in [0, 0.1) is 5.92 Å². The van der Waals surface area contributed by atoms with E-state index < -0.39 is 0 Å². The Bertz CT molecular complexity index is 781. The second kappa shape index (κ2) is 5.92. The van der Waals surface area contributed by atoms with Crippen molar-refractivity contribution >= 4 is 22.7 Å². The quantitative estimate of drug-likeness (QED) is 0.757. The molecular formula is C14H15N5O3. The number of benzene rings is 1. The van der Waals surface area contributed by atoms with E-state index in [1.54, 1.807) is 24.3 Å². The maximum absolute atomic E-state index is 12.2. The normalized spacial score (nSPS) is 13.8. The first-order valence-electron chi connectivity index (χ1n) is 7.06. The average Bonchev–Trinajstić information content (AvgIpc) is 3.37. The Morgan fingerprint density at radius 2 is 2.00 bits per heavy atom. The highest BCUT2D eigenvalue weighted by Crippen LogP contribution is 2.28. The summed E-state index contributed by atoms with van der Waals surface area (Å²) in [6, 6.07) is 6.89. The van der Waals surface area contributed by atoms with Crippen molar-refractivity contribution in [3.63, 3.8) is 0 Å². The SMILES string of the molecule is O=C(CCn1nnc2ccccc2c1=O)NNC(=O)C1CC1. The van der Waals surface area contributed by atoms with Crippen LogP contribution in [0.1, 0.15) is 19.3 Å². The molecule has 8 nitrogen and oxygen atoms in total. The maximum atomic E-state index is 12.2. The molecule has 1 heterocycles. The molecule has 2 N–H and O–H groups in total. The first-order valence-corrected chi connectivity index (χ1v) is 7.06. The smallest absolute Gasteiger partial charge is 0.273 e. The van der Waals surface area contributed by atoms with Crippen LogP contribution in [0.15, 0.2) is 29.1 Å². The molecule has 0 spiro atoms. The van der Waals surface area contributed by atoms with Crippen LogP contribution >= 0.6 is 0 Å². The average molecular weight is 301 g/mol. The lowest BCUT2D eigenvalue weighted by Crippen LogP contribution is -2.43. The predicted octanol–water partition coefficient (Wildman–Crippen LogP) is -0.261. The third-order valence-corrected chi connectivity index (χ3v) is 3.45. The van der Waals surface area contributed by atoms with Gasteiger partial charge < -0.3 is 0 Å². The van der Waals surface area contributed by atoms with Crippen LogP contribution in [0.2, 0.25) is 0 Å². The van der Waals surface area contributed by atoms with E-state index in [0.717, 1.165) is 17.5 Å². The summed E-state index contributed by atoms with van der Waals surface area (Å²) in [6.07, 6.45) is 1.76. The Morgan fingerprint density at radius 1 is 1.23 bits per heavy atom. The molecular weight excluding hydrogens is 286 g/mol. The van der Waals surface area contributed by atoms with Gasteiger partial charge in [0.2, 0.25) is 11.8 Å². The first kappa shape index (κ1) is 14.2. The number of carbonyl (C=O) groups excluding carboxylic acids is 2. The fourth-order valence-electron chi connectivity index (χ4n) is 2.02. The minimum atomic E-state index is -0.379. The summed E-state index contributed by atoms with van der Waals surface area (Å²) in [4.78, 5) is 35.2. The summed E-state index contributed by atoms with van der Waals surface area (Å²) < 4.78 is 1.14. The summed E-state index contributed by atoms with van der Waals surface area (Å²) in [5, 5.41) is 8.19. The van der Waals surface area contributed by atoms with E-state index in [1.807, 2.05) is 0 Å². The Labute approximate surface area is 125 Å². The first-order chi connectivity index (χ1) is 10.6. The molecule has 1 aromatic carbocycles. The molecule has 114 valence electrons. The van der Waals surface area contributed by atoms with E-state index in [4.69, 9.17) is 0 Å². The fourth-order valence-corrected chi connectivity index (χ4v) is 2.02. The topological polar surface area (TPSA) is 106 Å². The molecule has 0 unspecified atom stereocenters. The lowest BCUT2D eigenvalue weighted by atomic mass is 10.2. The number of rotatable bonds is 4. The van der Waals surface area contributed by atoms with Gasteiger partial charge in [-0.05, 0) is 25.0 Å². The molecule has 1 saturated carbocycles. The number of amides is 2. The van der Waals surface area contributed by atoms with Gasteiger partial charge in [-0.1, -0.05) is 17.3 Å². The highest BCUT2D eigenvalue weighted by atomic mass is 16.2. The van der Waals surface area contributed by atoms with Gasteiger partial charge in [0, 0.05) is 12.3 Å². The molecule has 8 heteroatoms. The van der Waals surface area contributed by atoms with Gasteiger partial charge in [0.1, 0.15) is 5.52 Å². The Kier molecular flexibility index (Phi) is 3.82. The van der Waals surface area contributed by atoms with Crippen LogP contribution in [0.3, 0.4) is 0 Å². The van der Waals surface area contributed by atoms with Crippen molar-refractivity contribution in [2.75, 3.05) is 0 Å². The van der Waals surface area contributed by atoms with Gasteiger partial charge >= 0.3 is 0 Å². The van der Waals surface area contributed by atoms with Gasteiger partial charge in [-0.3, -0.25) is 25.2 Å². The zero-order chi connectivity index (χ0) is 15.5. The minimum Gasteiger partial charge on any atom is -0.273 e. The van der Waals surface area contributed by atoms with Crippen molar-refractivity contribution in [3.05, 3.63) is 34.6 Å². The number of hydrazine groups is 1. The van der Waals surface area contributed by atoms with Crippen molar-refractivity contribution in [2.24, 2.45) is 5.92 Å². The van der Waals surface area contributed by atoms with Crippen molar-refractivity contribution in [2.45, 2.75) is 25.8 Å². The molecule has 22 heavy (non-hydrogen) atoms. The lowest BCUT2D eigenvalue weighted by molar-refractivity contribution is -0.129. The Hall–Kier alpha value is -2.77. The van der Waals surface area contributed by atoms with E-state index in [-0.39, 0.29) is 36.3 Å². The van der Waals surface area contributed by atoms with Crippen LogP contribution in [-0.4, -0.2) is 26.8 Å². The van der Waals surface area contributed by atoms with Crippen LogP contribution in [0.25, 0.3) is 10.9 Å². The van der Waals surface area contributed by atoms with Gasteiger partial charge in [0.05, 0.1) is 11.9 Å². The number of nitrogens with zero attached hydrogens (tertiary/aromatic N) is 3. The van der Waals surface area contributed by atoms with Crippen molar-refractivity contribution in [1.82, 2.24) is 25.8 Å². The summed E-state index contributed by atoms with van der Waals surface area (Å²) in [5.74, 6) is -0.527. The number of hydrogen-bond donors (Lipinski definition) is 2. The predicted molar refractivity (Wildman–Crippen MR) is 77.4 cm³/mol. The highest BCUT2D eigenvalue weighted by molar-refractivity contribution is 5.84. The van der Waals surface area contributed by atoms with E-state index in [1.165, 1.54) is 0 Å². The van der Waals surface area contributed by atoms with Crippen molar-refractivity contribution in [3.8, 4) is 0 Å². The summed E-state index contributed by atoms with van der Waals surface area (Å²) >= 11 is 0. The standard InChI is InChI=1S/C14H15N5O3/c20-12(16-17-13(21)9-5-6-9)7-8-19-14(22)10-3-1-2-4-11(10)15-18-19/h1-4,9H,5-8H2,(H,16,20)(H,17,21). The number of aromatic nitrogens is 3. The molecule has 1 aromatic heterocycles. The molecule has 2 aromatic rings. The Morgan fingerprint density at radius 3 is 2.77 bits per heavy atom. The van der Waals surface area contributed by atoms with E-state index in [9.17, 15) is 14.4 Å². The number of carbonyl (C=O) groups is 2. The molecule has 1 aliphatic rings. The van der Waals surface area contributed by atoms with E-state index in [0.29, 0.717) is 10.9 Å². The van der Waals surface area contributed by atoms with E-state index in [2.05, 4.69) is 21.2 Å². The number of fused-ring (bicyclic) bond motifs is 1. The largest absolute Gasteiger partial charge is 0.277 e. The lowest BCUT2D eigenvalue weighted by Gasteiger charge is -2.07. The molecule has 2 amide bonds. The second-order valence-electron chi connectivity index (χ2n) is 5.20. The van der Waals surface area contributed by atoms with Crippen LogP contribution < -0.4 is 16.4 Å². The summed E-state index contributed by atoms with van der Waals surface area (Å²) in [7, 11) is 0. The number of nitrogens with one attached hydrogen (secondary N) is 2. The van der Waals surface area contributed by atoms with Gasteiger partial charge in [0.25, 0.3) is 5.56 Å². The molecule has 1 aliphatic carbocycles. The third kappa shape index (κ3) is 3.11. The second-order valence-corrected chi connectivity index (χ2v) is 5.20. The van der Waals surface area contributed by atoms with Crippen LogP contribution in [-0.2, 0) is 16.1 Å². The summed E-state index contributed by atoms with van der Waals surface area (Å²) in [5.41, 5.74) is 4.92. The summed E-state index contributed by atoms with van der Waals surface area (Å²) in [6.45, 7) is 0.0990. The molecule has 1 fully saturated rings. The maximum Gasteiger partial charge on any atom is 0.277 e. The van der Waals surface area contributed by atoms with Crippen molar-refractivity contribution in [1.29, 1.82) is 0 Å². The zero-order valence-corrected chi connectivity index (χ0v) is 11.8. The van der Waals surface area contributed by atoms with Gasteiger partial charge in [0.15, 0.2) is 0 Å². The van der Waals surface area contributed by atoms with Crippen molar-refractivity contribution < 1.29 is 9.59 Å². The minimum absolute atomic E-state index is 0.0225. The molecule has 0 saturated heterocycles. The number of aryl methyl sites for hydroxylation is 1. The van der Waals surface area contributed by atoms with Crippen LogP contribution in [0.5, 0.6) is 0 Å². The Balaban J connectivity index is 1.59. The molecule has 3 rings (SSSR count). The number of hydrogen-bond acceptors (Lipinski definition) is 5.